The maximum atomic E-state index is 12.5. The predicted octanol–water partition coefficient (Wildman–Crippen LogP) is 0.142. The van der Waals surface area contributed by atoms with Crippen LogP contribution in [0.4, 0.5) is 8.78 Å². The number of nitrogens with one attached hydrogen (secondary N) is 2. The summed E-state index contributed by atoms with van der Waals surface area (Å²) in [7, 11) is 0. The Morgan fingerprint density at radius 3 is 2.31 bits per heavy atom. The maximum Gasteiger partial charge on any atom is 0.256 e. The van der Waals surface area contributed by atoms with Crippen LogP contribution >= 0.6 is 12.2 Å². The van der Waals surface area contributed by atoms with Gasteiger partial charge in [-0.15, -0.1) is 0 Å². The lowest BCUT2D eigenvalue weighted by Gasteiger charge is -2.18. The van der Waals surface area contributed by atoms with E-state index in [1.165, 1.54) is 0 Å². The van der Waals surface area contributed by atoms with Crippen LogP contribution in [0.1, 0.15) is 13.8 Å². The molecule has 0 spiro atoms. The molecular formula is C6H11F2N3OS. The first-order valence-corrected chi connectivity index (χ1v) is 3.89. The molecule has 1 atom stereocenters. The van der Waals surface area contributed by atoms with Crippen molar-refractivity contribution in [2.45, 2.75) is 19.8 Å². The molecule has 0 aromatic carbocycles. The van der Waals surface area contributed by atoms with E-state index < -0.39 is 17.7 Å². The molecule has 0 fully saturated rings. The SMILES string of the molecule is CC(C(=O)NNC(N)=S)C(C)(F)F. The highest BCUT2D eigenvalue weighted by Crippen LogP contribution is 2.22. The smallest absolute Gasteiger partial charge is 0.256 e. The minimum absolute atomic E-state index is 0.181. The Balaban J connectivity index is 4.05. The van der Waals surface area contributed by atoms with E-state index in [0.29, 0.717) is 6.92 Å². The molecule has 0 radical (unpaired) electrons. The van der Waals surface area contributed by atoms with Crippen LogP contribution in [0.3, 0.4) is 0 Å². The first kappa shape index (κ1) is 12.0. The molecule has 0 saturated carbocycles. The molecule has 13 heavy (non-hydrogen) atoms. The number of hydrogen-bond acceptors (Lipinski definition) is 2. The lowest BCUT2D eigenvalue weighted by Crippen LogP contribution is -2.49. The molecule has 0 rings (SSSR count). The average molecular weight is 211 g/mol. The van der Waals surface area contributed by atoms with Crippen molar-refractivity contribution in [2.24, 2.45) is 11.7 Å². The minimum Gasteiger partial charge on any atom is -0.375 e. The first-order chi connectivity index (χ1) is 5.75. The van der Waals surface area contributed by atoms with Crippen molar-refractivity contribution >= 4 is 23.2 Å². The summed E-state index contributed by atoms with van der Waals surface area (Å²) >= 11 is 4.36. The second kappa shape index (κ2) is 4.31. The van der Waals surface area contributed by atoms with Gasteiger partial charge in [0, 0.05) is 6.92 Å². The van der Waals surface area contributed by atoms with E-state index in [1.54, 1.807) is 0 Å². The van der Waals surface area contributed by atoms with E-state index in [0.717, 1.165) is 6.92 Å². The highest BCUT2D eigenvalue weighted by atomic mass is 32.1. The number of halogens is 2. The number of alkyl halides is 2. The van der Waals surface area contributed by atoms with E-state index in [9.17, 15) is 13.6 Å². The van der Waals surface area contributed by atoms with E-state index in [2.05, 4.69) is 17.6 Å². The Morgan fingerprint density at radius 1 is 1.54 bits per heavy atom. The van der Waals surface area contributed by atoms with Crippen LogP contribution in [0.5, 0.6) is 0 Å². The molecule has 0 bridgehead atoms. The van der Waals surface area contributed by atoms with Crippen molar-refractivity contribution in [1.29, 1.82) is 0 Å². The molecule has 76 valence electrons. The monoisotopic (exact) mass is 211 g/mol. The van der Waals surface area contributed by atoms with Gasteiger partial charge in [0.25, 0.3) is 5.92 Å². The first-order valence-electron chi connectivity index (χ1n) is 3.48. The fraction of sp³-hybridized carbons (Fsp3) is 0.667. The number of nitrogens with two attached hydrogens (primary N) is 1. The van der Waals surface area contributed by atoms with Crippen molar-refractivity contribution < 1.29 is 13.6 Å². The summed E-state index contributed by atoms with van der Waals surface area (Å²) in [4.78, 5) is 10.9. The molecule has 0 saturated heterocycles. The molecule has 0 aliphatic heterocycles. The van der Waals surface area contributed by atoms with Gasteiger partial charge in [-0.1, -0.05) is 0 Å². The third-order valence-electron chi connectivity index (χ3n) is 1.46. The summed E-state index contributed by atoms with van der Waals surface area (Å²) in [6.07, 6.45) is 0. The second-order valence-electron chi connectivity index (χ2n) is 2.66. The summed E-state index contributed by atoms with van der Waals surface area (Å²) in [6.45, 7) is 1.77. The van der Waals surface area contributed by atoms with Gasteiger partial charge in [-0.3, -0.25) is 15.6 Å². The van der Waals surface area contributed by atoms with Crippen LogP contribution < -0.4 is 16.6 Å². The van der Waals surface area contributed by atoms with Crippen LogP contribution in [0, 0.1) is 5.92 Å². The number of carbonyl (C=O) groups is 1. The fourth-order valence-corrected chi connectivity index (χ4v) is 0.513. The van der Waals surface area contributed by atoms with E-state index in [-0.39, 0.29) is 5.11 Å². The van der Waals surface area contributed by atoms with Crippen molar-refractivity contribution in [3.05, 3.63) is 0 Å². The molecule has 7 heteroatoms. The largest absolute Gasteiger partial charge is 0.375 e. The normalized spacial score (nSPS) is 13.2. The van der Waals surface area contributed by atoms with Gasteiger partial charge in [-0.2, -0.15) is 0 Å². The highest BCUT2D eigenvalue weighted by Gasteiger charge is 2.35. The quantitative estimate of drug-likeness (QED) is 0.449. The summed E-state index contributed by atoms with van der Waals surface area (Å²) in [5, 5.41) is -0.181. The zero-order valence-corrected chi connectivity index (χ0v) is 8.04. The Kier molecular flexibility index (Phi) is 3.99. The van der Waals surface area contributed by atoms with Gasteiger partial charge in [0.15, 0.2) is 5.11 Å². The summed E-state index contributed by atoms with van der Waals surface area (Å²) in [5.41, 5.74) is 9.00. The standard InChI is InChI=1S/C6H11F2N3OS/c1-3(6(2,7)8)4(12)10-11-5(9)13/h3H,1-2H3,(H,10,12)(H3,9,11,13). The van der Waals surface area contributed by atoms with Crippen LogP contribution in [-0.2, 0) is 4.79 Å². The van der Waals surface area contributed by atoms with E-state index >= 15 is 0 Å². The molecule has 0 heterocycles. The highest BCUT2D eigenvalue weighted by molar-refractivity contribution is 7.80. The summed E-state index contributed by atoms with van der Waals surface area (Å²) in [5.74, 6) is -5.36. The van der Waals surface area contributed by atoms with E-state index in [1.807, 2.05) is 5.43 Å². The minimum atomic E-state index is -3.07. The number of thiocarbonyl (C=S) groups is 1. The third-order valence-corrected chi connectivity index (χ3v) is 1.56. The van der Waals surface area contributed by atoms with Crippen LogP contribution in [0.25, 0.3) is 0 Å². The molecule has 0 aromatic heterocycles. The Morgan fingerprint density at radius 2 is 2.00 bits per heavy atom. The number of rotatable bonds is 2. The van der Waals surface area contributed by atoms with Crippen molar-refractivity contribution in [2.75, 3.05) is 0 Å². The van der Waals surface area contributed by atoms with Crippen molar-refractivity contribution in [1.82, 2.24) is 10.9 Å². The van der Waals surface area contributed by atoms with Crippen LogP contribution in [-0.4, -0.2) is 16.9 Å². The predicted molar refractivity (Wildman–Crippen MR) is 47.8 cm³/mol. The lowest BCUT2D eigenvalue weighted by atomic mass is 10.1. The molecule has 1 unspecified atom stereocenters. The molecular weight excluding hydrogens is 200 g/mol. The van der Waals surface area contributed by atoms with Gasteiger partial charge in [0.1, 0.15) is 5.92 Å². The lowest BCUT2D eigenvalue weighted by molar-refractivity contribution is -0.136. The number of amides is 1. The van der Waals surface area contributed by atoms with E-state index in [4.69, 9.17) is 5.73 Å². The number of hydrazine groups is 1. The fourth-order valence-electron chi connectivity index (χ4n) is 0.462. The Bertz CT molecular complexity index is 216. The maximum absolute atomic E-state index is 12.5. The Labute approximate surface area is 79.8 Å². The number of hydrogen-bond donors (Lipinski definition) is 3. The van der Waals surface area contributed by atoms with Crippen molar-refractivity contribution in [3.8, 4) is 0 Å². The van der Waals surface area contributed by atoms with Gasteiger partial charge in [-0.05, 0) is 19.1 Å². The average Bonchev–Trinajstić information content (AvgIpc) is 1.96. The molecule has 0 aliphatic rings. The zero-order chi connectivity index (χ0) is 10.6. The van der Waals surface area contributed by atoms with Gasteiger partial charge in [-0.25, -0.2) is 8.78 Å². The third kappa shape index (κ3) is 4.56. The molecule has 1 amide bonds. The Hall–Kier alpha value is -0.980. The zero-order valence-electron chi connectivity index (χ0n) is 7.23. The second-order valence-corrected chi connectivity index (χ2v) is 3.10. The molecule has 0 aromatic rings. The van der Waals surface area contributed by atoms with Gasteiger partial charge >= 0.3 is 0 Å². The van der Waals surface area contributed by atoms with Gasteiger partial charge in [0.2, 0.25) is 5.91 Å². The summed E-state index contributed by atoms with van der Waals surface area (Å²) < 4.78 is 25.1. The van der Waals surface area contributed by atoms with Crippen LogP contribution in [0.15, 0.2) is 0 Å². The topological polar surface area (TPSA) is 67.2 Å². The molecule has 4 nitrogen and oxygen atoms in total. The molecule has 4 N–H and O–H groups in total. The molecule has 0 aliphatic carbocycles. The van der Waals surface area contributed by atoms with Gasteiger partial charge in [0.05, 0.1) is 0 Å². The number of carbonyl (C=O) groups excluding carboxylic acids is 1. The van der Waals surface area contributed by atoms with Gasteiger partial charge < -0.3 is 5.73 Å². The summed E-state index contributed by atoms with van der Waals surface area (Å²) in [6, 6.07) is 0. The van der Waals surface area contributed by atoms with Crippen LogP contribution in [0.2, 0.25) is 0 Å². The van der Waals surface area contributed by atoms with Crippen molar-refractivity contribution in [3.63, 3.8) is 0 Å².